The molecule has 0 unspecified atom stereocenters. The molecule has 0 aromatic heterocycles. The number of hydrogen-bond donors (Lipinski definition) is 0. The molecule has 0 bridgehead atoms. The highest BCUT2D eigenvalue weighted by Gasteiger charge is 2.32. The summed E-state index contributed by atoms with van der Waals surface area (Å²) in [5, 5.41) is 0. The van der Waals surface area contributed by atoms with Gasteiger partial charge >= 0.3 is 23.9 Å². The topological polar surface area (TPSA) is 114 Å². The van der Waals surface area contributed by atoms with Crippen molar-refractivity contribution in [1.29, 1.82) is 0 Å². The maximum Gasteiger partial charge on any atom is 0.309 e. The summed E-state index contributed by atoms with van der Waals surface area (Å²) in [7, 11) is 2.75. The van der Waals surface area contributed by atoms with E-state index in [1.54, 1.807) is 0 Å². The van der Waals surface area contributed by atoms with Crippen LogP contribution in [0.3, 0.4) is 0 Å². The number of esters is 4. The molecule has 31 heavy (non-hydrogen) atoms. The minimum atomic E-state index is -0.263. The van der Waals surface area contributed by atoms with Crippen molar-refractivity contribution < 1.29 is 42.9 Å². The molecule has 2 rings (SSSR count). The van der Waals surface area contributed by atoms with Crippen molar-refractivity contribution in [2.45, 2.75) is 51.4 Å². The number of carbonyl (C=O) groups excluding carboxylic acids is 4. The minimum Gasteiger partial charge on any atom is -0.469 e. The molecule has 0 heterocycles. The zero-order chi connectivity index (χ0) is 22.6. The van der Waals surface area contributed by atoms with Gasteiger partial charge in [0.25, 0.3) is 0 Å². The van der Waals surface area contributed by atoms with E-state index in [0.29, 0.717) is 51.4 Å². The Labute approximate surface area is 183 Å². The number of hydrogen-bond acceptors (Lipinski definition) is 9. The summed E-state index contributed by atoms with van der Waals surface area (Å²) in [6.45, 7) is 0.735. The molecule has 0 spiro atoms. The number of methoxy groups -OCH3 is 2. The minimum absolute atomic E-state index is 0.122. The smallest absolute Gasteiger partial charge is 0.309 e. The summed E-state index contributed by atoms with van der Waals surface area (Å²) < 4.78 is 25.3. The SMILES string of the molecule is COC(=O)[C@H]1CC[C@H](C(=O)OCCOCCOC(=O)[C@H]2CC[C@H](C(=O)OC)CC2)CC1. The highest BCUT2D eigenvalue weighted by Crippen LogP contribution is 2.31. The molecule has 0 saturated heterocycles. The monoisotopic (exact) mass is 442 g/mol. The highest BCUT2D eigenvalue weighted by atomic mass is 16.6. The van der Waals surface area contributed by atoms with Crippen LogP contribution in [-0.2, 0) is 42.9 Å². The Morgan fingerprint density at radius 3 is 1.10 bits per heavy atom. The van der Waals surface area contributed by atoms with Crippen LogP contribution >= 0.6 is 0 Å². The molecular weight excluding hydrogens is 408 g/mol. The fraction of sp³-hybridized carbons (Fsp3) is 0.818. The lowest BCUT2D eigenvalue weighted by Crippen LogP contribution is -2.29. The van der Waals surface area contributed by atoms with Crippen LogP contribution in [0.25, 0.3) is 0 Å². The standard InChI is InChI=1S/C22H34O9/c1-27-19(23)15-3-7-17(8-4-15)21(25)30-13-11-29-12-14-31-22(26)18-9-5-16(6-10-18)20(24)28-2/h15-18H,3-14H2,1-2H3/t15-,16-,17-,18-. The summed E-state index contributed by atoms with van der Waals surface area (Å²) in [6, 6.07) is 0. The van der Waals surface area contributed by atoms with E-state index in [1.165, 1.54) is 14.2 Å². The normalized spacial score (nSPS) is 25.9. The molecule has 0 aliphatic heterocycles. The molecule has 9 nitrogen and oxygen atoms in total. The van der Waals surface area contributed by atoms with Crippen molar-refractivity contribution in [3.63, 3.8) is 0 Å². The molecule has 2 fully saturated rings. The van der Waals surface area contributed by atoms with Crippen molar-refractivity contribution in [3.05, 3.63) is 0 Å². The van der Waals surface area contributed by atoms with Crippen LogP contribution in [0.15, 0.2) is 0 Å². The molecule has 2 aliphatic carbocycles. The Bertz CT molecular complexity index is 550. The Morgan fingerprint density at radius 1 is 0.516 bits per heavy atom. The quantitative estimate of drug-likeness (QED) is 0.285. The van der Waals surface area contributed by atoms with Crippen LogP contribution in [0, 0.1) is 23.7 Å². The third-order valence-corrected chi connectivity index (χ3v) is 6.13. The zero-order valence-corrected chi connectivity index (χ0v) is 18.5. The van der Waals surface area contributed by atoms with E-state index in [-0.39, 0.29) is 74.0 Å². The van der Waals surface area contributed by atoms with E-state index >= 15 is 0 Å². The third kappa shape index (κ3) is 8.12. The van der Waals surface area contributed by atoms with Crippen molar-refractivity contribution >= 4 is 23.9 Å². The van der Waals surface area contributed by atoms with Gasteiger partial charge in [0.2, 0.25) is 0 Å². The van der Waals surface area contributed by atoms with E-state index in [9.17, 15) is 19.2 Å². The third-order valence-electron chi connectivity index (χ3n) is 6.13. The molecule has 2 saturated carbocycles. The first-order chi connectivity index (χ1) is 15.0. The van der Waals surface area contributed by atoms with E-state index < -0.39 is 0 Å². The Morgan fingerprint density at radius 2 is 0.806 bits per heavy atom. The van der Waals surface area contributed by atoms with Crippen LogP contribution in [-0.4, -0.2) is 64.5 Å². The van der Waals surface area contributed by atoms with Crippen LogP contribution in [0.2, 0.25) is 0 Å². The molecule has 0 N–H and O–H groups in total. The van der Waals surface area contributed by atoms with Gasteiger partial charge in [0.05, 0.1) is 51.1 Å². The number of rotatable bonds is 10. The Kier molecular flexibility index (Phi) is 10.8. The first-order valence-electron chi connectivity index (χ1n) is 11.0. The van der Waals surface area contributed by atoms with Crippen molar-refractivity contribution in [1.82, 2.24) is 0 Å². The molecule has 0 radical (unpaired) electrons. The number of ether oxygens (including phenoxy) is 5. The maximum atomic E-state index is 12.1. The van der Waals surface area contributed by atoms with Crippen molar-refractivity contribution in [2.24, 2.45) is 23.7 Å². The van der Waals surface area contributed by atoms with Gasteiger partial charge in [-0.15, -0.1) is 0 Å². The van der Waals surface area contributed by atoms with E-state index in [4.69, 9.17) is 23.7 Å². The summed E-state index contributed by atoms with van der Waals surface area (Å²) in [5.41, 5.74) is 0. The molecule has 9 heteroatoms. The van der Waals surface area contributed by atoms with Crippen LogP contribution < -0.4 is 0 Å². The molecular formula is C22H34O9. The van der Waals surface area contributed by atoms with Gasteiger partial charge < -0.3 is 23.7 Å². The lowest BCUT2D eigenvalue weighted by atomic mass is 9.82. The second-order valence-corrected chi connectivity index (χ2v) is 8.09. The second kappa shape index (κ2) is 13.3. The Hall–Kier alpha value is -2.16. The molecule has 0 aromatic rings. The van der Waals surface area contributed by atoms with E-state index in [0.717, 1.165) is 0 Å². The predicted molar refractivity (Wildman–Crippen MR) is 108 cm³/mol. The fourth-order valence-corrected chi connectivity index (χ4v) is 4.20. The first kappa shape index (κ1) is 25.1. The zero-order valence-electron chi connectivity index (χ0n) is 18.5. The molecule has 2 aliphatic rings. The van der Waals surface area contributed by atoms with Gasteiger partial charge in [-0.2, -0.15) is 0 Å². The maximum absolute atomic E-state index is 12.1. The van der Waals surface area contributed by atoms with Crippen LogP contribution in [0.1, 0.15) is 51.4 Å². The van der Waals surface area contributed by atoms with E-state index in [1.807, 2.05) is 0 Å². The lowest BCUT2D eigenvalue weighted by molar-refractivity contribution is -0.156. The van der Waals surface area contributed by atoms with Gasteiger partial charge in [-0.05, 0) is 51.4 Å². The number of carbonyl (C=O) groups is 4. The molecule has 176 valence electrons. The lowest BCUT2D eigenvalue weighted by Gasteiger charge is -2.25. The fourth-order valence-electron chi connectivity index (χ4n) is 4.20. The largest absolute Gasteiger partial charge is 0.469 e. The van der Waals surface area contributed by atoms with Crippen molar-refractivity contribution in [3.8, 4) is 0 Å². The van der Waals surface area contributed by atoms with Crippen LogP contribution in [0.4, 0.5) is 0 Å². The second-order valence-electron chi connectivity index (χ2n) is 8.09. The van der Waals surface area contributed by atoms with Crippen LogP contribution in [0.5, 0.6) is 0 Å². The summed E-state index contributed by atoms with van der Waals surface area (Å²) >= 11 is 0. The van der Waals surface area contributed by atoms with Gasteiger partial charge in [0.1, 0.15) is 13.2 Å². The first-order valence-corrected chi connectivity index (χ1v) is 11.0. The van der Waals surface area contributed by atoms with E-state index in [2.05, 4.69) is 0 Å². The van der Waals surface area contributed by atoms with Crippen molar-refractivity contribution in [2.75, 3.05) is 40.6 Å². The van der Waals surface area contributed by atoms with Gasteiger partial charge in [0.15, 0.2) is 0 Å². The highest BCUT2D eigenvalue weighted by molar-refractivity contribution is 5.75. The van der Waals surface area contributed by atoms with Gasteiger partial charge in [-0.25, -0.2) is 0 Å². The molecule has 0 amide bonds. The summed E-state index contributed by atoms with van der Waals surface area (Å²) in [4.78, 5) is 47.2. The van der Waals surface area contributed by atoms with Gasteiger partial charge in [0, 0.05) is 0 Å². The Balaban J connectivity index is 1.48. The van der Waals surface area contributed by atoms with Gasteiger partial charge in [-0.3, -0.25) is 19.2 Å². The average Bonchev–Trinajstić information content (AvgIpc) is 2.82. The molecule has 0 atom stereocenters. The summed E-state index contributed by atoms with van der Waals surface area (Å²) in [5.74, 6) is -1.57. The van der Waals surface area contributed by atoms with Gasteiger partial charge in [-0.1, -0.05) is 0 Å². The average molecular weight is 443 g/mol. The summed E-state index contributed by atoms with van der Waals surface area (Å²) in [6.07, 6.45) is 5.04. The predicted octanol–water partition coefficient (Wildman–Crippen LogP) is 2.05. The molecule has 0 aromatic carbocycles.